The lowest BCUT2D eigenvalue weighted by molar-refractivity contribution is -0.368. The predicted octanol–water partition coefficient (Wildman–Crippen LogP) is 1.91. The molecule has 0 unspecified atom stereocenters. The maximum atomic E-state index is 3.88. The van der Waals surface area contributed by atoms with Crippen LogP contribution in [0.3, 0.4) is 0 Å². The molecule has 0 bridgehead atoms. The highest BCUT2D eigenvalue weighted by Crippen LogP contribution is 2.21. The maximum Gasteiger partial charge on any atom is 0.0752 e. The number of nitrogens with zero attached hydrogens (tertiary/aromatic N) is 1. The van der Waals surface area contributed by atoms with Gasteiger partial charge in [-0.1, -0.05) is 33.1 Å². The minimum absolute atomic E-state index is 0.880. The van der Waals surface area contributed by atoms with Crippen LogP contribution in [-0.4, -0.2) is 31.1 Å². The van der Waals surface area contributed by atoms with E-state index in [2.05, 4.69) is 17.7 Å². The van der Waals surface area contributed by atoms with Crippen LogP contribution in [0.15, 0.2) is 0 Å². The van der Waals surface area contributed by atoms with Gasteiger partial charge < -0.3 is 10.6 Å². The van der Waals surface area contributed by atoms with Gasteiger partial charge in [0.25, 0.3) is 0 Å². The summed E-state index contributed by atoms with van der Waals surface area (Å²) in [6, 6.07) is 0.880. The molecule has 0 aromatic heterocycles. The number of rotatable bonds is 4. The van der Waals surface area contributed by atoms with Gasteiger partial charge in [-0.15, -0.1) is 0 Å². The SMILES string of the molecule is CC.CN(CCC[NH3+])C1CCCCC1. The fraction of sp³-hybridized carbons (Fsp3) is 1.00. The summed E-state index contributed by atoms with van der Waals surface area (Å²) in [7, 11) is 2.27. The van der Waals surface area contributed by atoms with E-state index in [4.69, 9.17) is 0 Å². The van der Waals surface area contributed by atoms with Gasteiger partial charge >= 0.3 is 0 Å². The van der Waals surface area contributed by atoms with Gasteiger partial charge in [-0.2, -0.15) is 0 Å². The minimum Gasteiger partial charge on any atom is -0.358 e. The Balaban J connectivity index is 0.000000791. The monoisotopic (exact) mass is 201 g/mol. The molecule has 0 amide bonds. The Morgan fingerprint density at radius 2 is 1.71 bits per heavy atom. The van der Waals surface area contributed by atoms with Gasteiger partial charge in [-0.3, -0.25) is 0 Å². The molecular formula is C12H29N2+. The van der Waals surface area contributed by atoms with Crippen LogP contribution in [0.1, 0.15) is 52.4 Å². The fourth-order valence-electron chi connectivity index (χ4n) is 2.07. The van der Waals surface area contributed by atoms with Crippen molar-refractivity contribution in [2.75, 3.05) is 20.1 Å². The first-order valence-corrected chi connectivity index (χ1v) is 6.34. The van der Waals surface area contributed by atoms with Crippen LogP contribution in [0.5, 0.6) is 0 Å². The first kappa shape index (κ1) is 13.9. The van der Waals surface area contributed by atoms with E-state index < -0.39 is 0 Å². The molecule has 1 rings (SSSR count). The maximum absolute atomic E-state index is 3.88. The summed E-state index contributed by atoms with van der Waals surface area (Å²) in [6.07, 6.45) is 8.45. The third-order valence-electron chi connectivity index (χ3n) is 2.96. The number of hydrogen-bond donors (Lipinski definition) is 1. The van der Waals surface area contributed by atoms with Crippen molar-refractivity contribution in [1.82, 2.24) is 4.90 Å². The molecule has 1 saturated carbocycles. The second-order valence-corrected chi connectivity index (χ2v) is 3.98. The smallest absolute Gasteiger partial charge is 0.0752 e. The highest BCUT2D eigenvalue weighted by atomic mass is 15.1. The highest BCUT2D eigenvalue weighted by Gasteiger charge is 2.16. The zero-order chi connectivity index (χ0) is 10.8. The van der Waals surface area contributed by atoms with Gasteiger partial charge in [0, 0.05) is 19.0 Å². The molecule has 0 aliphatic heterocycles. The quantitative estimate of drug-likeness (QED) is 0.740. The van der Waals surface area contributed by atoms with E-state index in [9.17, 15) is 0 Å². The van der Waals surface area contributed by atoms with E-state index in [0.29, 0.717) is 0 Å². The molecule has 2 heteroatoms. The van der Waals surface area contributed by atoms with Crippen molar-refractivity contribution in [3.8, 4) is 0 Å². The van der Waals surface area contributed by atoms with Crippen LogP contribution in [0, 0.1) is 0 Å². The molecule has 0 spiro atoms. The summed E-state index contributed by atoms with van der Waals surface area (Å²) in [5.74, 6) is 0. The second-order valence-electron chi connectivity index (χ2n) is 3.98. The molecular weight excluding hydrogens is 172 g/mol. The third kappa shape index (κ3) is 5.61. The lowest BCUT2D eigenvalue weighted by atomic mass is 9.94. The zero-order valence-electron chi connectivity index (χ0n) is 10.4. The molecule has 0 atom stereocenters. The Bertz CT molecular complexity index is 109. The Labute approximate surface area is 89.9 Å². The highest BCUT2D eigenvalue weighted by molar-refractivity contribution is 4.72. The largest absolute Gasteiger partial charge is 0.358 e. The van der Waals surface area contributed by atoms with Crippen LogP contribution < -0.4 is 5.73 Å². The standard InChI is InChI=1S/C10H22N2.C2H6/c1-12(9-5-8-11)10-6-3-2-4-7-10;1-2/h10H,2-9,11H2,1H3;1-2H3/p+1. The lowest BCUT2D eigenvalue weighted by Crippen LogP contribution is -2.51. The predicted molar refractivity (Wildman–Crippen MR) is 63.2 cm³/mol. The van der Waals surface area contributed by atoms with E-state index in [1.54, 1.807) is 0 Å². The third-order valence-corrected chi connectivity index (χ3v) is 2.96. The van der Waals surface area contributed by atoms with Gasteiger partial charge in [0.05, 0.1) is 6.54 Å². The Morgan fingerprint density at radius 1 is 1.14 bits per heavy atom. The zero-order valence-corrected chi connectivity index (χ0v) is 10.4. The Morgan fingerprint density at radius 3 is 2.21 bits per heavy atom. The van der Waals surface area contributed by atoms with Crippen molar-refractivity contribution >= 4 is 0 Å². The summed E-state index contributed by atoms with van der Waals surface area (Å²) in [4.78, 5) is 2.53. The summed E-state index contributed by atoms with van der Waals surface area (Å²) in [6.45, 7) is 6.32. The number of hydrogen-bond acceptors (Lipinski definition) is 1. The molecule has 1 aliphatic rings. The normalized spacial score (nSPS) is 17.8. The van der Waals surface area contributed by atoms with Gasteiger partial charge in [0.15, 0.2) is 0 Å². The van der Waals surface area contributed by atoms with Crippen LogP contribution in [0.2, 0.25) is 0 Å². The Kier molecular flexibility index (Phi) is 9.42. The minimum atomic E-state index is 0.880. The molecule has 0 aromatic carbocycles. The van der Waals surface area contributed by atoms with Crippen molar-refractivity contribution in [1.29, 1.82) is 0 Å². The second kappa shape index (κ2) is 9.47. The molecule has 1 aliphatic carbocycles. The first-order chi connectivity index (χ1) is 6.84. The molecule has 0 heterocycles. The van der Waals surface area contributed by atoms with Crippen molar-refractivity contribution < 1.29 is 5.73 Å². The van der Waals surface area contributed by atoms with Gasteiger partial charge in [-0.25, -0.2) is 0 Å². The first-order valence-electron chi connectivity index (χ1n) is 6.34. The van der Waals surface area contributed by atoms with Gasteiger partial charge in [-0.05, 0) is 19.9 Å². The number of quaternary nitrogens is 1. The van der Waals surface area contributed by atoms with E-state index in [1.807, 2.05) is 13.8 Å². The summed E-state index contributed by atoms with van der Waals surface area (Å²) in [5, 5.41) is 0. The van der Waals surface area contributed by atoms with Crippen LogP contribution >= 0.6 is 0 Å². The Hall–Kier alpha value is -0.0800. The molecule has 3 N–H and O–H groups in total. The lowest BCUT2D eigenvalue weighted by Gasteiger charge is -2.30. The molecule has 0 saturated heterocycles. The topological polar surface area (TPSA) is 30.9 Å². The molecule has 2 nitrogen and oxygen atoms in total. The van der Waals surface area contributed by atoms with Crippen LogP contribution in [-0.2, 0) is 0 Å². The average molecular weight is 201 g/mol. The van der Waals surface area contributed by atoms with E-state index in [0.717, 1.165) is 12.6 Å². The van der Waals surface area contributed by atoms with Crippen molar-refractivity contribution in [2.24, 2.45) is 0 Å². The summed E-state index contributed by atoms with van der Waals surface area (Å²) < 4.78 is 0. The van der Waals surface area contributed by atoms with Crippen molar-refractivity contribution in [3.63, 3.8) is 0 Å². The molecule has 0 radical (unpaired) electrons. The van der Waals surface area contributed by atoms with Gasteiger partial charge in [0.1, 0.15) is 0 Å². The van der Waals surface area contributed by atoms with E-state index in [1.165, 1.54) is 45.1 Å². The molecule has 86 valence electrons. The summed E-state index contributed by atoms with van der Waals surface area (Å²) >= 11 is 0. The molecule has 14 heavy (non-hydrogen) atoms. The van der Waals surface area contributed by atoms with E-state index in [-0.39, 0.29) is 0 Å². The van der Waals surface area contributed by atoms with Gasteiger partial charge in [0.2, 0.25) is 0 Å². The summed E-state index contributed by atoms with van der Waals surface area (Å²) in [5.41, 5.74) is 3.88. The van der Waals surface area contributed by atoms with Crippen LogP contribution in [0.4, 0.5) is 0 Å². The molecule has 0 aromatic rings. The van der Waals surface area contributed by atoms with Crippen molar-refractivity contribution in [3.05, 3.63) is 0 Å². The van der Waals surface area contributed by atoms with E-state index >= 15 is 0 Å². The fourth-order valence-corrected chi connectivity index (χ4v) is 2.07. The van der Waals surface area contributed by atoms with Crippen molar-refractivity contribution in [2.45, 2.75) is 58.4 Å². The van der Waals surface area contributed by atoms with Crippen LogP contribution in [0.25, 0.3) is 0 Å². The molecule has 1 fully saturated rings. The average Bonchev–Trinajstić information content (AvgIpc) is 2.30.